The van der Waals surface area contributed by atoms with Gasteiger partial charge in [-0.15, -0.1) is 0 Å². The van der Waals surface area contributed by atoms with Crippen LogP contribution in [0.1, 0.15) is 42.6 Å². The monoisotopic (exact) mass is 541 g/mol. The standard InChI is InChI=1S/C29H30F3N3O4/c1-18(2)17-25(34-23-13-7-21(8-14-23)27(38)33-16-15-26(36)37)28(39)35-24-11-5-20(6-12-24)19-3-9-22(10-4-19)29(30,31)32/h3-14,18,25,34H,15-17H2,1-2H3,(H,33,38)(H,35,39)(H,36,37). The maximum atomic E-state index is 13.1. The highest BCUT2D eigenvalue weighted by Crippen LogP contribution is 2.31. The maximum absolute atomic E-state index is 13.1. The number of aliphatic carboxylic acids is 1. The fraction of sp³-hybridized carbons (Fsp3) is 0.276. The van der Waals surface area contributed by atoms with E-state index in [4.69, 9.17) is 5.11 Å². The Balaban J connectivity index is 1.63. The summed E-state index contributed by atoms with van der Waals surface area (Å²) in [7, 11) is 0. The van der Waals surface area contributed by atoms with Gasteiger partial charge < -0.3 is 21.1 Å². The predicted octanol–water partition coefficient (Wildman–Crippen LogP) is 6.04. The second kappa shape index (κ2) is 12.9. The summed E-state index contributed by atoms with van der Waals surface area (Å²) in [5.74, 6) is -1.45. The van der Waals surface area contributed by atoms with Gasteiger partial charge in [0.25, 0.3) is 5.91 Å². The molecule has 1 atom stereocenters. The Morgan fingerprint density at radius 1 is 0.821 bits per heavy atom. The van der Waals surface area contributed by atoms with E-state index in [0.29, 0.717) is 34.5 Å². The molecule has 0 bridgehead atoms. The van der Waals surface area contributed by atoms with Gasteiger partial charge >= 0.3 is 12.1 Å². The highest BCUT2D eigenvalue weighted by Gasteiger charge is 2.30. The molecular formula is C29H30F3N3O4. The van der Waals surface area contributed by atoms with Crippen LogP contribution in [0, 0.1) is 5.92 Å². The number of halogens is 3. The molecule has 3 rings (SSSR count). The largest absolute Gasteiger partial charge is 0.481 e. The number of nitrogens with one attached hydrogen (secondary N) is 3. The molecule has 7 nitrogen and oxygen atoms in total. The van der Waals surface area contributed by atoms with Gasteiger partial charge in [-0.1, -0.05) is 38.1 Å². The minimum atomic E-state index is -4.40. The molecular weight excluding hydrogens is 511 g/mol. The lowest BCUT2D eigenvalue weighted by molar-refractivity contribution is -0.138. The quantitative estimate of drug-likeness (QED) is 0.237. The highest BCUT2D eigenvalue weighted by atomic mass is 19.4. The molecule has 0 aliphatic carbocycles. The van der Waals surface area contributed by atoms with Gasteiger partial charge in [-0.25, -0.2) is 0 Å². The molecule has 0 aliphatic heterocycles. The molecule has 0 saturated carbocycles. The van der Waals surface area contributed by atoms with E-state index in [9.17, 15) is 27.6 Å². The fourth-order valence-electron chi connectivity index (χ4n) is 3.83. The number of hydrogen-bond donors (Lipinski definition) is 4. The normalized spacial score (nSPS) is 12.1. The van der Waals surface area contributed by atoms with Crippen LogP contribution in [-0.4, -0.2) is 35.5 Å². The Morgan fingerprint density at radius 3 is 1.87 bits per heavy atom. The summed E-state index contributed by atoms with van der Waals surface area (Å²) in [6.07, 6.45) is -4.03. The van der Waals surface area contributed by atoms with Gasteiger partial charge in [0.15, 0.2) is 0 Å². The van der Waals surface area contributed by atoms with Crippen LogP contribution in [-0.2, 0) is 15.8 Å². The first-order chi connectivity index (χ1) is 18.4. The molecule has 3 aromatic carbocycles. The van der Waals surface area contributed by atoms with Crippen LogP contribution in [0.4, 0.5) is 24.5 Å². The molecule has 206 valence electrons. The number of carboxylic acids is 1. The zero-order valence-corrected chi connectivity index (χ0v) is 21.5. The topological polar surface area (TPSA) is 108 Å². The second-order valence-electron chi connectivity index (χ2n) is 9.45. The Morgan fingerprint density at radius 2 is 1.36 bits per heavy atom. The number of alkyl halides is 3. The summed E-state index contributed by atoms with van der Waals surface area (Å²) in [6.45, 7) is 4.01. The maximum Gasteiger partial charge on any atom is 0.416 e. The van der Waals surface area contributed by atoms with Gasteiger partial charge in [0.05, 0.1) is 12.0 Å². The number of hydrogen-bond acceptors (Lipinski definition) is 4. The van der Waals surface area contributed by atoms with Gasteiger partial charge in [0.2, 0.25) is 5.91 Å². The first-order valence-corrected chi connectivity index (χ1v) is 12.4. The van der Waals surface area contributed by atoms with Crippen molar-refractivity contribution in [1.29, 1.82) is 0 Å². The molecule has 3 aromatic rings. The lowest BCUT2D eigenvalue weighted by Crippen LogP contribution is -2.35. The molecule has 4 N–H and O–H groups in total. The number of benzene rings is 3. The number of carboxylic acid groups (broad SMARTS) is 1. The number of carbonyl (C=O) groups is 3. The Bertz CT molecular complexity index is 1270. The average molecular weight is 542 g/mol. The molecule has 39 heavy (non-hydrogen) atoms. The van der Waals surface area contributed by atoms with Crippen LogP contribution in [0.25, 0.3) is 11.1 Å². The first kappa shape index (κ1) is 29.2. The summed E-state index contributed by atoms with van der Waals surface area (Å²) in [6, 6.07) is 17.7. The van der Waals surface area contributed by atoms with E-state index >= 15 is 0 Å². The van der Waals surface area contributed by atoms with E-state index in [1.54, 1.807) is 48.5 Å². The molecule has 0 fully saturated rings. The lowest BCUT2D eigenvalue weighted by atomic mass is 10.0. The molecule has 0 radical (unpaired) electrons. The zero-order chi connectivity index (χ0) is 28.6. The lowest BCUT2D eigenvalue weighted by Gasteiger charge is -2.21. The van der Waals surface area contributed by atoms with Crippen LogP contribution in [0.15, 0.2) is 72.8 Å². The Hall–Kier alpha value is -4.34. The van der Waals surface area contributed by atoms with E-state index < -0.39 is 23.8 Å². The molecule has 0 spiro atoms. The van der Waals surface area contributed by atoms with Crippen LogP contribution >= 0.6 is 0 Å². The van der Waals surface area contributed by atoms with E-state index in [1.165, 1.54) is 12.1 Å². The van der Waals surface area contributed by atoms with Gasteiger partial charge in [0.1, 0.15) is 6.04 Å². The van der Waals surface area contributed by atoms with Crippen molar-refractivity contribution in [2.75, 3.05) is 17.2 Å². The highest BCUT2D eigenvalue weighted by molar-refractivity contribution is 5.97. The summed E-state index contributed by atoms with van der Waals surface area (Å²) in [4.78, 5) is 35.8. The Kier molecular flexibility index (Phi) is 9.70. The van der Waals surface area contributed by atoms with Crippen molar-refractivity contribution < 1.29 is 32.7 Å². The molecule has 0 aromatic heterocycles. The van der Waals surface area contributed by atoms with Crippen LogP contribution < -0.4 is 16.0 Å². The van der Waals surface area contributed by atoms with Crippen molar-refractivity contribution in [2.24, 2.45) is 5.92 Å². The van der Waals surface area contributed by atoms with E-state index in [0.717, 1.165) is 12.1 Å². The predicted molar refractivity (Wildman–Crippen MR) is 143 cm³/mol. The second-order valence-corrected chi connectivity index (χ2v) is 9.45. The van der Waals surface area contributed by atoms with Crippen molar-refractivity contribution in [3.63, 3.8) is 0 Å². The van der Waals surface area contributed by atoms with Crippen molar-refractivity contribution in [3.8, 4) is 11.1 Å². The summed E-state index contributed by atoms with van der Waals surface area (Å²) in [5.41, 5.74) is 2.16. The third-order valence-electron chi connectivity index (χ3n) is 5.83. The zero-order valence-electron chi connectivity index (χ0n) is 21.5. The smallest absolute Gasteiger partial charge is 0.416 e. The Labute approximate surface area is 224 Å². The molecule has 2 amide bonds. The third-order valence-corrected chi connectivity index (χ3v) is 5.83. The van der Waals surface area contributed by atoms with Gasteiger partial charge in [-0.2, -0.15) is 13.2 Å². The SMILES string of the molecule is CC(C)CC(Nc1ccc(C(=O)NCCC(=O)O)cc1)C(=O)Nc1ccc(-c2ccc(C(F)(F)F)cc2)cc1. The summed E-state index contributed by atoms with van der Waals surface area (Å²) >= 11 is 0. The molecule has 0 aliphatic rings. The van der Waals surface area contributed by atoms with Gasteiger partial charge in [-0.05, 0) is 72.0 Å². The minimum absolute atomic E-state index is 0.0239. The minimum Gasteiger partial charge on any atom is -0.481 e. The van der Waals surface area contributed by atoms with Crippen LogP contribution in [0.5, 0.6) is 0 Å². The van der Waals surface area contributed by atoms with Crippen molar-refractivity contribution in [1.82, 2.24) is 5.32 Å². The van der Waals surface area contributed by atoms with E-state index in [-0.39, 0.29) is 30.7 Å². The van der Waals surface area contributed by atoms with E-state index in [2.05, 4.69) is 16.0 Å². The first-order valence-electron chi connectivity index (χ1n) is 12.4. The molecule has 10 heteroatoms. The van der Waals surface area contributed by atoms with Crippen LogP contribution in [0.2, 0.25) is 0 Å². The molecule has 0 saturated heterocycles. The van der Waals surface area contributed by atoms with Crippen molar-refractivity contribution in [3.05, 3.63) is 83.9 Å². The molecule has 1 unspecified atom stereocenters. The summed E-state index contributed by atoms with van der Waals surface area (Å²) < 4.78 is 38.4. The number of amides is 2. The summed E-state index contributed by atoms with van der Waals surface area (Å²) in [5, 5.41) is 17.3. The number of rotatable bonds is 11. The fourth-order valence-corrected chi connectivity index (χ4v) is 3.83. The van der Waals surface area contributed by atoms with Crippen molar-refractivity contribution >= 4 is 29.2 Å². The number of carbonyl (C=O) groups excluding carboxylic acids is 2. The van der Waals surface area contributed by atoms with Gasteiger partial charge in [-0.3, -0.25) is 14.4 Å². The van der Waals surface area contributed by atoms with E-state index in [1.807, 2.05) is 13.8 Å². The van der Waals surface area contributed by atoms with Gasteiger partial charge in [0, 0.05) is 23.5 Å². The average Bonchev–Trinajstić information content (AvgIpc) is 2.88. The number of anilines is 2. The molecule has 0 heterocycles. The van der Waals surface area contributed by atoms with Crippen molar-refractivity contribution in [2.45, 2.75) is 38.9 Å². The third kappa shape index (κ3) is 8.87. The van der Waals surface area contributed by atoms with Crippen LogP contribution in [0.3, 0.4) is 0 Å².